The lowest BCUT2D eigenvalue weighted by Crippen LogP contribution is -2.47. The van der Waals surface area contributed by atoms with E-state index in [4.69, 9.17) is 4.74 Å². The second kappa shape index (κ2) is 8.53. The summed E-state index contributed by atoms with van der Waals surface area (Å²) >= 11 is 0. The summed E-state index contributed by atoms with van der Waals surface area (Å²) in [6.45, 7) is 7.85. The molecule has 0 amide bonds. The molecule has 1 atom stereocenters. The number of carbonyl (C=O) groups excluding carboxylic acids is 1. The molecule has 112 valence electrons. The van der Waals surface area contributed by atoms with Crippen LogP contribution in [0.2, 0.25) is 0 Å². The summed E-state index contributed by atoms with van der Waals surface area (Å²) < 4.78 is 18.4. The highest BCUT2D eigenvalue weighted by molar-refractivity contribution is 5.76. The van der Waals surface area contributed by atoms with Crippen LogP contribution in [0.4, 0.5) is 10.1 Å². The van der Waals surface area contributed by atoms with Gasteiger partial charge in [0.1, 0.15) is 11.9 Å². The van der Waals surface area contributed by atoms with Gasteiger partial charge in [0.15, 0.2) is 0 Å². The fourth-order valence-corrected chi connectivity index (χ4v) is 2.02. The largest absolute Gasteiger partial charge is 0.465 e. The minimum absolute atomic E-state index is 0.274. The number of rotatable bonds is 8. The van der Waals surface area contributed by atoms with Gasteiger partial charge in [-0.2, -0.15) is 0 Å². The molecular formula is C15H23FN2O2. The SMILES string of the molecule is CCNC(CN(CC)c1cccc(F)c1)C(=O)OCC. The normalized spacial score (nSPS) is 12.0. The summed E-state index contributed by atoms with van der Waals surface area (Å²) in [5.74, 6) is -0.554. The standard InChI is InChI=1S/C15H23FN2O2/c1-4-17-14(15(19)20-6-3)11-18(5-2)13-9-7-8-12(16)10-13/h7-10,14,17H,4-6,11H2,1-3H3. The first-order valence-electron chi connectivity index (χ1n) is 7.02. The summed E-state index contributed by atoms with van der Waals surface area (Å²) in [7, 11) is 0. The van der Waals surface area contributed by atoms with E-state index in [0.717, 1.165) is 5.69 Å². The summed E-state index contributed by atoms with van der Waals surface area (Å²) in [4.78, 5) is 13.8. The summed E-state index contributed by atoms with van der Waals surface area (Å²) in [6.07, 6.45) is 0. The topological polar surface area (TPSA) is 41.6 Å². The zero-order valence-electron chi connectivity index (χ0n) is 12.4. The third-order valence-electron chi connectivity index (χ3n) is 2.98. The Morgan fingerprint density at radius 3 is 2.70 bits per heavy atom. The molecule has 0 spiro atoms. The van der Waals surface area contributed by atoms with Crippen molar-refractivity contribution >= 4 is 11.7 Å². The third kappa shape index (κ3) is 4.81. The van der Waals surface area contributed by atoms with E-state index in [9.17, 15) is 9.18 Å². The van der Waals surface area contributed by atoms with Gasteiger partial charge in [-0.05, 0) is 38.6 Å². The van der Waals surface area contributed by atoms with E-state index in [2.05, 4.69) is 5.32 Å². The number of nitrogens with one attached hydrogen (secondary N) is 1. The van der Waals surface area contributed by atoms with Crippen LogP contribution in [-0.4, -0.2) is 38.3 Å². The number of benzene rings is 1. The van der Waals surface area contributed by atoms with Crippen LogP contribution in [0.15, 0.2) is 24.3 Å². The van der Waals surface area contributed by atoms with Gasteiger partial charge in [0.25, 0.3) is 0 Å². The van der Waals surface area contributed by atoms with Crippen molar-refractivity contribution in [3.8, 4) is 0 Å². The Morgan fingerprint density at radius 2 is 2.15 bits per heavy atom. The van der Waals surface area contributed by atoms with Gasteiger partial charge in [0.2, 0.25) is 0 Å². The highest BCUT2D eigenvalue weighted by atomic mass is 19.1. The van der Waals surface area contributed by atoms with Crippen molar-refractivity contribution in [2.75, 3.05) is 31.1 Å². The monoisotopic (exact) mass is 282 g/mol. The molecule has 1 N–H and O–H groups in total. The molecule has 0 radical (unpaired) electrons. The molecule has 0 saturated carbocycles. The fraction of sp³-hybridized carbons (Fsp3) is 0.533. The van der Waals surface area contributed by atoms with Crippen LogP contribution in [0.5, 0.6) is 0 Å². The molecule has 20 heavy (non-hydrogen) atoms. The van der Waals surface area contributed by atoms with E-state index in [0.29, 0.717) is 26.2 Å². The quantitative estimate of drug-likeness (QED) is 0.742. The maximum absolute atomic E-state index is 13.3. The van der Waals surface area contributed by atoms with Crippen molar-refractivity contribution in [1.82, 2.24) is 5.32 Å². The Bertz CT molecular complexity index is 426. The van der Waals surface area contributed by atoms with Crippen LogP contribution >= 0.6 is 0 Å². The molecule has 1 aromatic rings. The van der Waals surface area contributed by atoms with Crippen LogP contribution in [-0.2, 0) is 9.53 Å². The second-order valence-corrected chi connectivity index (χ2v) is 4.38. The van der Waals surface area contributed by atoms with Gasteiger partial charge >= 0.3 is 5.97 Å². The van der Waals surface area contributed by atoms with Crippen molar-refractivity contribution < 1.29 is 13.9 Å². The molecule has 0 aliphatic rings. The number of likely N-dealkylation sites (N-methyl/N-ethyl adjacent to an activating group) is 2. The number of hydrogen-bond acceptors (Lipinski definition) is 4. The first-order chi connectivity index (χ1) is 9.62. The predicted octanol–water partition coefficient (Wildman–Crippen LogP) is 2.19. The van der Waals surface area contributed by atoms with Crippen molar-refractivity contribution in [1.29, 1.82) is 0 Å². The molecule has 0 aromatic heterocycles. The molecule has 0 fully saturated rings. The van der Waals surface area contributed by atoms with E-state index < -0.39 is 6.04 Å². The minimum Gasteiger partial charge on any atom is -0.465 e. The van der Waals surface area contributed by atoms with Gasteiger partial charge in [0, 0.05) is 18.8 Å². The molecular weight excluding hydrogens is 259 g/mol. The number of carbonyl (C=O) groups is 1. The Morgan fingerprint density at radius 1 is 1.40 bits per heavy atom. The molecule has 4 nitrogen and oxygen atoms in total. The number of halogens is 1. The van der Waals surface area contributed by atoms with Gasteiger partial charge in [-0.1, -0.05) is 13.0 Å². The summed E-state index contributed by atoms with van der Waals surface area (Å²) in [5.41, 5.74) is 0.764. The van der Waals surface area contributed by atoms with Gasteiger partial charge in [-0.25, -0.2) is 4.39 Å². The maximum Gasteiger partial charge on any atom is 0.324 e. The Balaban J connectivity index is 2.80. The van der Waals surface area contributed by atoms with Crippen molar-refractivity contribution in [3.63, 3.8) is 0 Å². The molecule has 0 heterocycles. The number of ether oxygens (including phenoxy) is 1. The third-order valence-corrected chi connectivity index (χ3v) is 2.98. The number of anilines is 1. The Kier molecular flexibility index (Phi) is 7.01. The molecule has 1 aromatic carbocycles. The van der Waals surface area contributed by atoms with E-state index in [1.54, 1.807) is 13.0 Å². The van der Waals surface area contributed by atoms with Gasteiger partial charge < -0.3 is 15.0 Å². The molecule has 0 bridgehead atoms. The van der Waals surface area contributed by atoms with Crippen LogP contribution in [0.1, 0.15) is 20.8 Å². The van der Waals surface area contributed by atoms with Crippen molar-refractivity contribution in [2.45, 2.75) is 26.8 Å². The minimum atomic E-state index is -0.414. The van der Waals surface area contributed by atoms with Crippen LogP contribution < -0.4 is 10.2 Å². The number of hydrogen-bond donors (Lipinski definition) is 1. The Hall–Kier alpha value is -1.62. The molecule has 0 aliphatic heterocycles. The van der Waals surface area contributed by atoms with E-state index >= 15 is 0 Å². The van der Waals surface area contributed by atoms with Gasteiger partial charge in [-0.3, -0.25) is 4.79 Å². The predicted molar refractivity (Wildman–Crippen MR) is 78.4 cm³/mol. The number of nitrogens with zero attached hydrogens (tertiary/aromatic N) is 1. The lowest BCUT2D eigenvalue weighted by molar-refractivity contribution is -0.145. The Labute approximate surface area is 119 Å². The molecule has 0 aliphatic carbocycles. The number of esters is 1. The van der Waals surface area contributed by atoms with E-state index in [-0.39, 0.29) is 11.8 Å². The molecule has 0 saturated heterocycles. The smallest absolute Gasteiger partial charge is 0.324 e. The van der Waals surface area contributed by atoms with Crippen molar-refractivity contribution in [3.05, 3.63) is 30.1 Å². The second-order valence-electron chi connectivity index (χ2n) is 4.38. The van der Waals surface area contributed by atoms with Crippen LogP contribution in [0, 0.1) is 5.82 Å². The van der Waals surface area contributed by atoms with Crippen molar-refractivity contribution in [2.24, 2.45) is 0 Å². The highest BCUT2D eigenvalue weighted by Crippen LogP contribution is 2.15. The summed E-state index contributed by atoms with van der Waals surface area (Å²) in [6, 6.07) is 5.96. The fourth-order valence-electron chi connectivity index (χ4n) is 2.02. The zero-order valence-corrected chi connectivity index (χ0v) is 12.4. The molecule has 1 rings (SSSR count). The lowest BCUT2D eigenvalue weighted by Gasteiger charge is -2.27. The van der Waals surface area contributed by atoms with Crippen LogP contribution in [0.3, 0.4) is 0 Å². The van der Waals surface area contributed by atoms with E-state index in [1.165, 1.54) is 12.1 Å². The first kappa shape index (κ1) is 16.4. The molecule has 1 unspecified atom stereocenters. The highest BCUT2D eigenvalue weighted by Gasteiger charge is 2.21. The molecule has 5 heteroatoms. The van der Waals surface area contributed by atoms with Gasteiger partial charge in [-0.15, -0.1) is 0 Å². The summed E-state index contributed by atoms with van der Waals surface area (Å²) in [5, 5.41) is 3.11. The average molecular weight is 282 g/mol. The maximum atomic E-state index is 13.3. The van der Waals surface area contributed by atoms with Crippen LogP contribution in [0.25, 0.3) is 0 Å². The first-order valence-corrected chi connectivity index (χ1v) is 7.02. The van der Waals surface area contributed by atoms with E-state index in [1.807, 2.05) is 24.8 Å². The van der Waals surface area contributed by atoms with Gasteiger partial charge in [0.05, 0.1) is 6.61 Å². The lowest BCUT2D eigenvalue weighted by atomic mass is 10.2. The zero-order chi connectivity index (χ0) is 15.0. The average Bonchev–Trinajstić information content (AvgIpc) is 2.43.